The van der Waals surface area contributed by atoms with Gasteiger partial charge in [0.2, 0.25) is 0 Å². The van der Waals surface area contributed by atoms with Crippen LogP contribution in [0.15, 0.2) is 48.5 Å². The van der Waals surface area contributed by atoms with Crippen molar-refractivity contribution in [3.63, 3.8) is 0 Å². The molecule has 0 aliphatic carbocycles. The van der Waals surface area contributed by atoms with E-state index in [-0.39, 0.29) is 24.0 Å². The zero-order chi connectivity index (χ0) is 17.0. The van der Waals surface area contributed by atoms with Crippen molar-refractivity contribution >= 4 is 11.6 Å². The van der Waals surface area contributed by atoms with Crippen LogP contribution in [0.25, 0.3) is 0 Å². The summed E-state index contributed by atoms with van der Waals surface area (Å²) in [5, 5.41) is 0. The van der Waals surface area contributed by atoms with Crippen LogP contribution in [0.5, 0.6) is 5.75 Å². The first-order valence-electron chi connectivity index (χ1n) is 7.34. The highest BCUT2D eigenvalue weighted by Gasteiger charge is 2.21. The molecule has 0 saturated heterocycles. The zero-order valence-electron chi connectivity index (χ0n) is 13.4. The minimum Gasteiger partial charge on any atom is -0.486 e. The number of carbonyl (C=O) groups is 2. The molecule has 3 nitrogen and oxygen atoms in total. The lowest BCUT2D eigenvalue weighted by molar-refractivity contribution is -0.128. The molecule has 0 radical (unpaired) electrons. The Labute approximate surface area is 135 Å². The summed E-state index contributed by atoms with van der Waals surface area (Å²) in [6.07, 6.45) is 0. The van der Waals surface area contributed by atoms with Crippen LogP contribution in [0, 0.1) is 11.2 Å². The van der Waals surface area contributed by atoms with Crippen LogP contribution in [0.4, 0.5) is 4.39 Å². The molecule has 0 saturated carbocycles. The Morgan fingerprint density at radius 2 is 1.39 bits per heavy atom. The van der Waals surface area contributed by atoms with E-state index >= 15 is 0 Å². The summed E-state index contributed by atoms with van der Waals surface area (Å²) in [5.41, 5.74) is 0.451. The van der Waals surface area contributed by atoms with Gasteiger partial charge < -0.3 is 4.74 Å². The van der Waals surface area contributed by atoms with E-state index in [2.05, 4.69) is 0 Å². The number of halogens is 1. The lowest BCUT2D eigenvalue weighted by Gasteiger charge is -2.16. The summed E-state index contributed by atoms with van der Waals surface area (Å²) < 4.78 is 18.3. The van der Waals surface area contributed by atoms with Crippen LogP contribution < -0.4 is 4.74 Å². The van der Waals surface area contributed by atoms with Gasteiger partial charge in [0, 0.05) is 16.5 Å². The quantitative estimate of drug-likeness (QED) is 0.782. The minimum absolute atomic E-state index is 0.00367. The second kappa shape index (κ2) is 6.73. The number of ether oxygens (including phenoxy) is 1. The summed E-state index contributed by atoms with van der Waals surface area (Å²) in [7, 11) is 0. The average molecular weight is 314 g/mol. The molecule has 0 aromatic heterocycles. The molecule has 0 heterocycles. The molecule has 4 heteroatoms. The molecule has 120 valence electrons. The summed E-state index contributed by atoms with van der Waals surface area (Å²) >= 11 is 0. The molecule has 0 bridgehead atoms. The number of benzene rings is 2. The highest BCUT2D eigenvalue weighted by molar-refractivity contribution is 6.09. The van der Waals surface area contributed by atoms with E-state index in [9.17, 15) is 14.0 Å². The van der Waals surface area contributed by atoms with Crippen molar-refractivity contribution in [2.24, 2.45) is 5.41 Å². The van der Waals surface area contributed by atoms with E-state index in [1.807, 2.05) is 20.8 Å². The average Bonchev–Trinajstić information content (AvgIpc) is 2.52. The number of hydrogen-bond acceptors (Lipinski definition) is 3. The van der Waals surface area contributed by atoms with Gasteiger partial charge in [0.1, 0.15) is 18.2 Å². The van der Waals surface area contributed by atoms with Crippen molar-refractivity contribution in [3.8, 4) is 5.75 Å². The maximum Gasteiger partial charge on any atom is 0.193 e. The highest BCUT2D eigenvalue weighted by Crippen LogP contribution is 2.18. The number of carbonyl (C=O) groups excluding carboxylic acids is 2. The molecule has 0 aliphatic rings. The SMILES string of the molecule is CC(C)(C)C(=O)COc1ccc(C(=O)c2ccc(F)cc2)cc1. The Balaban J connectivity index is 2.03. The lowest BCUT2D eigenvalue weighted by Crippen LogP contribution is -2.26. The zero-order valence-corrected chi connectivity index (χ0v) is 13.4. The molecule has 0 unspecified atom stereocenters. The molecule has 0 N–H and O–H groups in total. The lowest BCUT2D eigenvalue weighted by atomic mass is 9.91. The largest absolute Gasteiger partial charge is 0.486 e. The van der Waals surface area contributed by atoms with Gasteiger partial charge in [0.05, 0.1) is 0 Å². The molecule has 23 heavy (non-hydrogen) atoms. The van der Waals surface area contributed by atoms with Gasteiger partial charge in [-0.15, -0.1) is 0 Å². The van der Waals surface area contributed by atoms with Crippen LogP contribution >= 0.6 is 0 Å². The van der Waals surface area contributed by atoms with Crippen LogP contribution in [-0.2, 0) is 4.79 Å². The van der Waals surface area contributed by atoms with Gasteiger partial charge in [0.25, 0.3) is 0 Å². The topological polar surface area (TPSA) is 43.4 Å². The first-order chi connectivity index (χ1) is 10.8. The predicted octanol–water partition coefficient (Wildman–Crippen LogP) is 4.05. The Bertz CT molecular complexity index is 695. The van der Waals surface area contributed by atoms with Gasteiger partial charge in [-0.3, -0.25) is 9.59 Å². The Morgan fingerprint density at radius 3 is 1.87 bits per heavy atom. The van der Waals surface area contributed by atoms with E-state index in [1.54, 1.807) is 24.3 Å². The monoisotopic (exact) mass is 314 g/mol. The molecule has 0 amide bonds. The van der Waals surface area contributed by atoms with E-state index in [0.29, 0.717) is 16.9 Å². The van der Waals surface area contributed by atoms with Crippen molar-refractivity contribution in [1.82, 2.24) is 0 Å². The van der Waals surface area contributed by atoms with Gasteiger partial charge in [-0.1, -0.05) is 20.8 Å². The smallest absolute Gasteiger partial charge is 0.193 e. The maximum atomic E-state index is 12.9. The van der Waals surface area contributed by atoms with Crippen molar-refractivity contribution in [3.05, 3.63) is 65.5 Å². The third kappa shape index (κ3) is 4.49. The summed E-state index contributed by atoms with van der Waals surface area (Å²) in [6.45, 7) is 5.50. The standard InChI is InChI=1S/C19H19FO3/c1-19(2,3)17(21)12-23-16-10-6-14(7-11-16)18(22)13-4-8-15(20)9-5-13/h4-11H,12H2,1-3H3. The molecular formula is C19H19FO3. The minimum atomic E-state index is -0.446. The first kappa shape index (κ1) is 16.9. The van der Waals surface area contributed by atoms with E-state index in [4.69, 9.17) is 4.74 Å². The summed E-state index contributed by atoms with van der Waals surface area (Å²) in [6, 6.07) is 11.9. The molecule has 0 spiro atoms. The third-order valence-electron chi connectivity index (χ3n) is 3.43. The normalized spacial score (nSPS) is 11.1. The van der Waals surface area contributed by atoms with Gasteiger partial charge in [-0.05, 0) is 48.5 Å². The van der Waals surface area contributed by atoms with Crippen LogP contribution in [0.3, 0.4) is 0 Å². The molecule has 0 atom stereocenters. The second-order valence-electron chi connectivity index (χ2n) is 6.32. The van der Waals surface area contributed by atoms with Gasteiger partial charge >= 0.3 is 0 Å². The van der Waals surface area contributed by atoms with E-state index in [0.717, 1.165) is 0 Å². The van der Waals surface area contributed by atoms with Gasteiger partial charge in [0.15, 0.2) is 11.6 Å². The fourth-order valence-electron chi connectivity index (χ4n) is 1.84. The van der Waals surface area contributed by atoms with Crippen molar-refractivity contribution in [2.75, 3.05) is 6.61 Å². The number of Topliss-reactive ketones (excluding diaryl/α,β-unsaturated/α-hetero) is 1. The predicted molar refractivity (Wildman–Crippen MR) is 86.2 cm³/mol. The van der Waals surface area contributed by atoms with Crippen molar-refractivity contribution in [1.29, 1.82) is 0 Å². The second-order valence-corrected chi connectivity index (χ2v) is 6.32. The van der Waals surface area contributed by atoms with E-state index < -0.39 is 5.41 Å². The molecule has 2 rings (SSSR count). The third-order valence-corrected chi connectivity index (χ3v) is 3.43. The van der Waals surface area contributed by atoms with Gasteiger partial charge in [-0.2, -0.15) is 0 Å². The Hall–Kier alpha value is -2.49. The number of ketones is 2. The maximum absolute atomic E-state index is 12.9. The van der Waals surface area contributed by atoms with Crippen molar-refractivity contribution in [2.45, 2.75) is 20.8 Å². The fourth-order valence-corrected chi connectivity index (χ4v) is 1.84. The van der Waals surface area contributed by atoms with Crippen molar-refractivity contribution < 1.29 is 18.7 Å². The first-order valence-corrected chi connectivity index (χ1v) is 7.34. The Morgan fingerprint density at radius 1 is 0.913 bits per heavy atom. The molecule has 0 aliphatic heterocycles. The number of hydrogen-bond donors (Lipinski definition) is 0. The molecule has 0 fully saturated rings. The van der Waals surface area contributed by atoms with Crippen LogP contribution in [0.2, 0.25) is 0 Å². The molecule has 2 aromatic carbocycles. The Kier molecular flexibility index (Phi) is 4.94. The van der Waals surface area contributed by atoms with Crippen LogP contribution in [-0.4, -0.2) is 18.2 Å². The number of rotatable bonds is 5. The van der Waals surface area contributed by atoms with E-state index in [1.165, 1.54) is 24.3 Å². The fraction of sp³-hybridized carbons (Fsp3) is 0.263. The highest BCUT2D eigenvalue weighted by atomic mass is 19.1. The summed E-state index contributed by atoms with van der Waals surface area (Å²) in [4.78, 5) is 24.1. The molecular weight excluding hydrogens is 295 g/mol. The van der Waals surface area contributed by atoms with Crippen LogP contribution in [0.1, 0.15) is 36.7 Å². The summed E-state index contributed by atoms with van der Waals surface area (Å²) in [5.74, 6) is -0.0432. The van der Waals surface area contributed by atoms with Gasteiger partial charge in [-0.25, -0.2) is 4.39 Å². The molecule has 2 aromatic rings.